The van der Waals surface area contributed by atoms with E-state index in [1.807, 2.05) is 6.92 Å². The highest BCUT2D eigenvalue weighted by Gasteiger charge is 2.14. The van der Waals surface area contributed by atoms with Gasteiger partial charge in [-0.15, -0.1) is 0 Å². The fourth-order valence-corrected chi connectivity index (χ4v) is 2.13. The van der Waals surface area contributed by atoms with Crippen LogP contribution in [0, 0.1) is 10.1 Å². The molecular weight excluding hydrogens is 324 g/mol. The number of carbonyl (C=O) groups is 1. The molecule has 0 bridgehead atoms. The third-order valence-electron chi connectivity index (χ3n) is 3.14. The molecule has 0 saturated carbocycles. The molecule has 2 aromatic rings. The van der Waals surface area contributed by atoms with E-state index in [1.54, 1.807) is 11.7 Å². The van der Waals surface area contributed by atoms with E-state index in [2.05, 4.69) is 5.10 Å². The van der Waals surface area contributed by atoms with Gasteiger partial charge in [-0.2, -0.15) is 5.10 Å². The average Bonchev–Trinajstić information content (AvgIpc) is 3.12. The Labute approximate surface area is 137 Å². The highest BCUT2D eigenvalue weighted by molar-refractivity contribution is 6.31. The standard InChI is InChI=1S/C14H15ClN4O4/c1-3-18-12(11(15)8-16-18)9-17(2)13(20)6-4-10-5-7-14(23-10)19(21)22/h4-8H,3,9H2,1-2H3/b6-4+. The first kappa shape index (κ1) is 16.8. The summed E-state index contributed by atoms with van der Waals surface area (Å²) < 4.78 is 6.66. The van der Waals surface area contributed by atoms with Gasteiger partial charge in [-0.25, -0.2) is 0 Å². The second kappa shape index (κ2) is 7.10. The molecule has 0 aliphatic rings. The van der Waals surface area contributed by atoms with Crippen molar-refractivity contribution >= 4 is 29.5 Å². The summed E-state index contributed by atoms with van der Waals surface area (Å²) in [5.41, 5.74) is 0.743. The fraction of sp³-hybridized carbons (Fsp3) is 0.286. The van der Waals surface area contributed by atoms with Crippen LogP contribution < -0.4 is 0 Å². The molecule has 0 radical (unpaired) electrons. The van der Waals surface area contributed by atoms with Gasteiger partial charge in [0.05, 0.1) is 29.5 Å². The number of hydrogen-bond acceptors (Lipinski definition) is 5. The van der Waals surface area contributed by atoms with Crippen LogP contribution in [0.15, 0.2) is 28.8 Å². The Hall–Kier alpha value is -2.61. The van der Waals surface area contributed by atoms with Crippen molar-refractivity contribution in [1.29, 1.82) is 0 Å². The lowest BCUT2D eigenvalue weighted by Crippen LogP contribution is -2.25. The number of aryl methyl sites for hydroxylation is 1. The Balaban J connectivity index is 2.03. The summed E-state index contributed by atoms with van der Waals surface area (Å²) in [6.45, 7) is 2.88. The van der Waals surface area contributed by atoms with Crippen LogP contribution >= 0.6 is 11.6 Å². The summed E-state index contributed by atoms with van der Waals surface area (Å²) in [4.78, 5) is 23.4. The zero-order valence-electron chi connectivity index (χ0n) is 12.6. The maximum Gasteiger partial charge on any atom is 0.433 e. The average molecular weight is 339 g/mol. The number of hydrogen-bond donors (Lipinski definition) is 0. The molecule has 0 aliphatic heterocycles. The first-order valence-electron chi connectivity index (χ1n) is 6.80. The first-order chi connectivity index (χ1) is 10.9. The number of halogens is 1. The Morgan fingerprint density at radius 1 is 1.57 bits per heavy atom. The Morgan fingerprint density at radius 2 is 2.30 bits per heavy atom. The van der Waals surface area contributed by atoms with Crippen molar-refractivity contribution in [1.82, 2.24) is 14.7 Å². The van der Waals surface area contributed by atoms with Gasteiger partial charge in [-0.05, 0) is 19.1 Å². The zero-order valence-corrected chi connectivity index (χ0v) is 13.4. The first-order valence-corrected chi connectivity index (χ1v) is 7.17. The minimum atomic E-state index is -0.640. The van der Waals surface area contributed by atoms with E-state index in [9.17, 15) is 14.9 Å². The van der Waals surface area contributed by atoms with Gasteiger partial charge in [-0.3, -0.25) is 19.6 Å². The van der Waals surface area contributed by atoms with Crippen LogP contribution in [0.25, 0.3) is 6.08 Å². The number of aromatic nitrogens is 2. The lowest BCUT2D eigenvalue weighted by Gasteiger charge is -2.16. The van der Waals surface area contributed by atoms with E-state index in [-0.39, 0.29) is 17.6 Å². The minimum Gasteiger partial charge on any atom is -0.401 e. The number of likely N-dealkylation sites (N-methyl/N-ethyl adjacent to an activating group) is 1. The molecule has 0 fully saturated rings. The van der Waals surface area contributed by atoms with Crippen LogP contribution in [0.4, 0.5) is 5.88 Å². The smallest absolute Gasteiger partial charge is 0.401 e. The summed E-state index contributed by atoms with van der Waals surface area (Å²) in [7, 11) is 1.63. The molecule has 9 heteroatoms. The monoisotopic (exact) mass is 338 g/mol. The van der Waals surface area contributed by atoms with Gasteiger partial charge in [0, 0.05) is 19.7 Å². The molecule has 8 nitrogen and oxygen atoms in total. The van der Waals surface area contributed by atoms with Crippen LogP contribution in [0.1, 0.15) is 18.4 Å². The van der Waals surface area contributed by atoms with Crippen LogP contribution in [0.2, 0.25) is 5.02 Å². The normalized spacial score (nSPS) is 11.1. The van der Waals surface area contributed by atoms with Crippen molar-refractivity contribution < 1.29 is 14.1 Å². The summed E-state index contributed by atoms with van der Waals surface area (Å²) in [6.07, 6.45) is 4.20. The van der Waals surface area contributed by atoms with Crippen LogP contribution in [0.3, 0.4) is 0 Å². The van der Waals surface area contributed by atoms with Crippen molar-refractivity contribution in [2.45, 2.75) is 20.0 Å². The van der Waals surface area contributed by atoms with Crippen molar-refractivity contribution in [2.24, 2.45) is 0 Å². The minimum absolute atomic E-state index is 0.232. The second-order valence-corrected chi connectivity index (χ2v) is 5.12. The molecule has 1 amide bonds. The quantitative estimate of drug-likeness (QED) is 0.458. The predicted molar refractivity (Wildman–Crippen MR) is 83.8 cm³/mol. The van der Waals surface area contributed by atoms with E-state index in [1.165, 1.54) is 35.4 Å². The van der Waals surface area contributed by atoms with E-state index in [0.29, 0.717) is 18.1 Å². The Kier molecular flexibility index (Phi) is 5.17. The molecule has 2 rings (SSSR count). The lowest BCUT2D eigenvalue weighted by atomic mass is 10.3. The van der Waals surface area contributed by atoms with Gasteiger partial charge in [0.2, 0.25) is 5.91 Å². The molecule has 122 valence electrons. The van der Waals surface area contributed by atoms with Gasteiger partial charge in [0.15, 0.2) is 0 Å². The molecule has 0 atom stereocenters. The zero-order chi connectivity index (χ0) is 17.0. The van der Waals surface area contributed by atoms with E-state index >= 15 is 0 Å². The Bertz CT molecular complexity index is 750. The highest BCUT2D eigenvalue weighted by Crippen LogP contribution is 2.18. The third-order valence-corrected chi connectivity index (χ3v) is 3.46. The van der Waals surface area contributed by atoms with E-state index < -0.39 is 4.92 Å². The molecule has 0 aromatic carbocycles. The largest absolute Gasteiger partial charge is 0.433 e. The SMILES string of the molecule is CCn1ncc(Cl)c1CN(C)C(=O)/C=C/c1ccc([N+](=O)[O-])o1. The van der Waals surface area contributed by atoms with Crippen molar-refractivity contribution in [2.75, 3.05) is 7.05 Å². The molecule has 2 aromatic heterocycles. The summed E-state index contributed by atoms with van der Waals surface area (Å²) in [5, 5.41) is 15.1. The fourth-order valence-electron chi connectivity index (χ4n) is 1.93. The summed E-state index contributed by atoms with van der Waals surface area (Å²) in [6, 6.07) is 2.65. The van der Waals surface area contributed by atoms with Crippen molar-refractivity contribution in [3.8, 4) is 0 Å². The third kappa shape index (κ3) is 3.98. The predicted octanol–water partition coefficient (Wildman–Crippen LogP) is 2.73. The van der Waals surface area contributed by atoms with Crippen LogP contribution in [-0.2, 0) is 17.9 Å². The maximum absolute atomic E-state index is 12.1. The Morgan fingerprint density at radius 3 is 2.91 bits per heavy atom. The number of amides is 1. The second-order valence-electron chi connectivity index (χ2n) is 4.72. The number of furan rings is 1. The van der Waals surface area contributed by atoms with Crippen LogP contribution in [0.5, 0.6) is 0 Å². The van der Waals surface area contributed by atoms with Crippen LogP contribution in [-0.4, -0.2) is 32.6 Å². The number of nitro groups is 1. The molecule has 0 saturated heterocycles. The summed E-state index contributed by atoms with van der Waals surface area (Å²) in [5.74, 6) is -0.428. The highest BCUT2D eigenvalue weighted by atomic mass is 35.5. The molecular formula is C14H15ClN4O4. The van der Waals surface area contributed by atoms with E-state index in [4.69, 9.17) is 16.0 Å². The molecule has 2 heterocycles. The molecule has 0 unspecified atom stereocenters. The number of rotatable bonds is 6. The van der Waals surface area contributed by atoms with E-state index in [0.717, 1.165) is 5.69 Å². The van der Waals surface area contributed by atoms with Crippen molar-refractivity contribution in [3.63, 3.8) is 0 Å². The van der Waals surface area contributed by atoms with Gasteiger partial charge >= 0.3 is 5.88 Å². The lowest BCUT2D eigenvalue weighted by molar-refractivity contribution is -0.402. The molecule has 0 aliphatic carbocycles. The van der Waals surface area contributed by atoms with Gasteiger partial charge in [0.25, 0.3) is 0 Å². The molecule has 23 heavy (non-hydrogen) atoms. The van der Waals surface area contributed by atoms with Gasteiger partial charge in [-0.1, -0.05) is 11.6 Å². The van der Waals surface area contributed by atoms with Crippen molar-refractivity contribution in [3.05, 3.63) is 51.0 Å². The maximum atomic E-state index is 12.1. The molecule has 0 spiro atoms. The number of carbonyl (C=O) groups excluding carboxylic acids is 1. The topological polar surface area (TPSA) is 94.4 Å². The molecule has 0 N–H and O–H groups in total. The van der Waals surface area contributed by atoms with Gasteiger partial charge < -0.3 is 9.32 Å². The summed E-state index contributed by atoms with van der Waals surface area (Å²) >= 11 is 6.06. The number of nitrogens with zero attached hydrogens (tertiary/aromatic N) is 4. The van der Waals surface area contributed by atoms with Gasteiger partial charge in [0.1, 0.15) is 10.7 Å².